The Labute approximate surface area is 147 Å². The van der Waals surface area contributed by atoms with Crippen LogP contribution in [0.1, 0.15) is 43.0 Å². The molecule has 6 heteroatoms. The van der Waals surface area contributed by atoms with Gasteiger partial charge in [0, 0.05) is 25.9 Å². The van der Waals surface area contributed by atoms with Crippen molar-refractivity contribution in [1.82, 2.24) is 9.80 Å². The molecule has 1 aromatic rings. The Morgan fingerprint density at radius 3 is 2.36 bits per heavy atom. The van der Waals surface area contributed by atoms with Crippen molar-refractivity contribution in [3.63, 3.8) is 0 Å². The smallest absolute Gasteiger partial charge is 0.256 e. The van der Waals surface area contributed by atoms with Crippen molar-refractivity contribution in [3.05, 3.63) is 29.8 Å². The second-order valence-corrected chi connectivity index (χ2v) is 7.35. The van der Waals surface area contributed by atoms with Crippen molar-refractivity contribution in [2.24, 2.45) is 5.92 Å². The molecule has 1 N–H and O–H groups in total. The van der Waals surface area contributed by atoms with Crippen LogP contribution in [0.4, 0.5) is 5.69 Å². The molecule has 1 aliphatic carbocycles. The second-order valence-electron chi connectivity index (χ2n) is 7.35. The van der Waals surface area contributed by atoms with Crippen LogP contribution in [0, 0.1) is 5.92 Å². The molecular weight excluding hydrogens is 318 g/mol. The van der Waals surface area contributed by atoms with Crippen LogP contribution in [0.25, 0.3) is 0 Å². The Hall–Kier alpha value is -2.37. The normalized spacial score (nSPS) is 25.0. The highest BCUT2D eigenvalue weighted by Gasteiger charge is 2.50. The van der Waals surface area contributed by atoms with Gasteiger partial charge in [-0.1, -0.05) is 18.6 Å². The molecule has 2 atom stereocenters. The number of hydrogen-bond donors (Lipinski definition) is 1. The number of piperazine rings is 1. The van der Waals surface area contributed by atoms with Crippen LogP contribution in [-0.4, -0.2) is 52.7 Å². The lowest BCUT2D eigenvalue weighted by Crippen LogP contribution is -2.71. The summed E-state index contributed by atoms with van der Waals surface area (Å²) in [4.78, 5) is 40.6. The van der Waals surface area contributed by atoms with Crippen LogP contribution in [0.3, 0.4) is 0 Å². The van der Waals surface area contributed by atoms with Crippen molar-refractivity contribution < 1.29 is 14.4 Å². The molecular formula is C19H23N3O3. The third-order valence-electron chi connectivity index (χ3n) is 5.66. The fourth-order valence-corrected chi connectivity index (χ4v) is 4.14. The first-order valence-corrected chi connectivity index (χ1v) is 9.02. The van der Waals surface area contributed by atoms with Gasteiger partial charge in [-0.05, 0) is 31.4 Å². The lowest BCUT2D eigenvalue weighted by atomic mass is 9.79. The monoisotopic (exact) mass is 341 g/mol. The summed E-state index contributed by atoms with van der Waals surface area (Å²) in [5.74, 6) is 0.236. The average molecular weight is 341 g/mol. The highest BCUT2D eigenvalue weighted by molar-refractivity contribution is 6.03. The Morgan fingerprint density at radius 2 is 1.76 bits per heavy atom. The topological polar surface area (TPSA) is 69.7 Å². The Kier molecular flexibility index (Phi) is 3.98. The van der Waals surface area contributed by atoms with Crippen molar-refractivity contribution in [1.29, 1.82) is 0 Å². The molecule has 0 spiro atoms. The number of amides is 3. The van der Waals surface area contributed by atoms with Gasteiger partial charge in [0.15, 0.2) is 0 Å². The van der Waals surface area contributed by atoms with Gasteiger partial charge >= 0.3 is 0 Å². The zero-order valence-corrected chi connectivity index (χ0v) is 14.4. The maximum atomic E-state index is 12.9. The van der Waals surface area contributed by atoms with E-state index in [9.17, 15) is 14.4 Å². The Bertz CT molecular complexity index is 716. The van der Waals surface area contributed by atoms with E-state index >= 15 is 0 Å². The molecule has 3 saturated heterocycles. The number of para-hydroxylation sites is 1. The number of benzene rings is 1. The summed E-state index contributed by atoms with van der Waals surface area (Å²) in [6.07, 6.45) is 4.18. The summed E-state index contributed by atoms with van der Waals surface area (Å²) in [5, 5.41) is 2.72. The molecule has 2 bridgehead atoms. The molecule has 1 aromatic carbocycles. The van der Waals surface area contributed by atoms with Crippen molar-refractivity contribution in [3.8, 4) is 0 Å². The number of carbonyl (C=O) groups is 3. The Morgan fingerprint density at radius 1 is 1.08 bits per heavy atom. The SMILES string of the molecule is CC(=O)Nc1ccccc1C(=O)N1CC2CC(C1)N2C(=O)C1CCC1. The van der Waals surface area contributed by atoms with Gasteiger partial charge in [0.1, 0.15) is 0 Å². The molecule has 3 aliphatic heterocycles. The van der Waals surface area contributed by atoms with Crippen LogP contribution in [0.5, 0.6) is 0 Å². The molecule has 3 heterocycles. The summed E-state index contributed by atoms with van der Waals surface area (Å²) in [7, 11) is 0. The minimum absolute atomic E-state index is 0.0743. The quantitative estimate of drug-likeness (QED) is 0.912. The summed E-state index contributed by atoms with van der Waals surface area (Å²) in [5.41, 5.74) is 1.05. The molecule has 5 rings (SSSR count). The molecule has 3 amide bonds. The summed E-state index contributed by atoms with van der Waals surface area (Å²) in [6, 6.07) is 7.40. The lowest BCUT2D eigenvalue weighted by molar-refractivity contribution is -0.159. The molecule has 25 heavy (non-hydrogen) atoms. The van der Waals surface area contributed by atoms with Gasteiger partial charge in [-0.2, -0.15) is 0 Å². The molecule has 132 valence electrons. The maximum Gasteiger partial charge on any atom is 0.256 e. The number of rotatable bonds is 3. The number of hydrogen-bond acceptors (Lipinski definition) is 3. The van der Waals surface area contributed by atoms with Crippen LogP contribution >= 0.6 is 0 Å². The van der Waals surface area contributed by atoms with Gasteiger partial charge in [-0.3, -0.25) is 14.4 Å². The summed E-state index contributed by atoms with van der Waals surface area (Å²) < 4.78 is 0. The minimum Gasteiger partial charge on any atom is -0.334 e. The van der Waals surface area contributed by atoms with Gasteiger partial charge < -0.3 is 15.1 Å². The highest BCUT2D eigenvalue weighted by atomic mass is 16.2. The predicted molar refractivity (Wildman–Crippen MR) is 93.0 cm³/mol. The van der Waals surface area contributed by atoms with E-state index in [1.165, 1.54) is 6.92 Å². The number of nitrogens with zero attached hydrogens (tertiary/aromatic N) is 2. The first-order chi connectivity index (χ1) is 12.0. The number of fused-ring (bicyclic) bond motifs is 2. The zero-order valence-electron chi connectivity index (χ0n) is 14.4. The van der Waals surface area contributed by atoms with Gasteiger partial charge in [0.25, 0.3) is 5.91 Å². The molecule has 6 nitrogen and oxygen atoms in total. The van der Waals surface area contributed by atoms with Crippen molar-refractivity contribution >= 4 is 23.4 Å². The zero-order chi connectivity index (χ0) is 17.6. The first kappa shape index (κ1) is 16.1. The lowest BCUT2D eigenvalue weighted by Gasteiger charge is -2.57. The molecule has 1 saturated carbocycles. The van der Waals surface area contributed by atoms with E-state index in [4.69, 9.17) is 0 Å². The summed E-state index contributed by atoms with van der Waals surface area (Å²) >= 11 is 0. The van der Waals surface area contributed by atoms with Gasteiger partial charge in [0.2, 0.25) is 11.8 Å². The second kappa shape index (κ2) is 6.17. The fraction of sp³-hybridized carbons (Fsp3) is 0.526. The number of anilines is 1. The van der Waals surface area contributed by atoms with Gasteiger partial charge in [-0.25, -0.2) is 0 Å². The number of nitrogens with one attached hydrogen (secondary N) is 1. The molecule has 4 aliphatic rings. The summed E-state index contributed by atoms with van der Waals surface area (Å²) in [6.45, 7) is 2.60. The number of piperidine rings is 1. The van der Waals surface area contributed by atoms with Crippen LogP contribution in [0.15, 0.2) is 24.3 Å². The van der Waals surface area contributed by atoms with E-state index in [0.29, 0.717) is 30.2 Å². The number of carbonyl (C=O) groups excluding carboxylic acids is 3. The first-order valence-electron chi connectivity index (χ1n) is 9.02. The predicted octanol–water partition coefficient (Wildman–Crippen LogP) is 1.87. The van der Waals surface area contributed by atoms with E-state index in [0.717, 1.165) is 25.7 Å². The van der Waals surface area contributed by atoms with Crippen LogP contribution < -0.4 is 5.32 Å². The molecule has 0 radical (unpaired) electrons. The van der Waals surface area contributed by atoms with E-state index in [1.54, 1.807) is 24.3 Å². The van der Waals surface area contributed by atoms with Gasteiger partial charge in [0.05, 0.1) is 23.3 Å². The van der Waals surface area contributed by atoms with Crippen LogP contribution in [-0.2, 0) is 9.59 Å². The van der Waals surface area contributed by atoms with E-state index < -0.39 is 0 Å². The minimum atomic E-state index is -0.195. The third kappa shape index (κ3) is 2.79. The third-order valence-corrected chi connectivity index (χ3v) is 5.66. The highest BCUT2D eigenvalue weighted by Crippen LogP contribution is 2.38. The maximum absolute atomic E-state index is 12.9. The van der Waals surface area contributed by atoms with Crippen molar-refractivity contribution in [2.45, 2.75) is 44.7 Å². The van der Waals surface area contributed by atoms with Crippen molar-refractivity contribution in [2.75, 3.05) is 18.4 Å². The largest absolute Gasteiger partial charge is 0.334 e. The standard InChI is InChI=1S/C19H23N3O3/c1-12(23)20-17-8-3-2-7-16(17)19(25)21-10-14-9-15(11-21)22(14)18(24)13-5-4-6-13/h2-3,7-8,13-15H,4-6,9-11H2,1H3,(H,20,23). The average Bonchev–Trinajstić information content (AvgIpc) is 2.52. The fourth-order valence-electron chi connectivity index (χ4n) is 4.14. The van der Waals surface area contributed by atoms with E-state index in [2.05, 4.69) is 5.32 Å². The van der Waals surface area contributed by atoms with E-state index in [1.807, 2.05) is 9.80 Å². The Balaban J connectivity index is 1.46. The molecule has 0 aromatic heterocycles. The van der Waals surface area contributed by atoms with Crippen LogP contribution in [0.2, 0.25) is 0 Å². The van der Waals surface area contributed by atoms with Gasteiger partial charge in [-0.15, -0.1) is 0 Å². The van der Waals surface area contributed by atoms with E-state index in [-0.39, 0.29) is 29.8 Å². The molecule has 2 unspecified atom stereocenters. The molecule has 4 fully saturated rings.